The topological polar surface area (TPSA) is 97.5 Å². The number of hydrogen-bond acceptors (Lipinski definition) is 5. The van der Waals surface area contributed by atoms with Crippen LogP contribution in [0.1, 0.15) is 31.8 Å². The Morgan fingerprint density at radius 3 is 2.25 bits per heavy atom. The summed E-state index contributed by atoms with van der Waals surface area (Å²) >= 11 is 4.51. The lowest BCUT2D eigenvalue weighted by Gasteiger charge is -2.09. The van der Waals surface area contributed by atoms with Crippen molar-refractivity contribution in [3.8, 4) is 0 Å². The van der Waals surface area contributed by atoms with E-state index in [-0.39, 0.29) is 27.3 Å². The lowest BCUT2D eigenvalue weighted by atomic mass is 10.1. The third kappa shape index (κ3) is 5.89. The highest BCUT2D eigenvalue weighted by Crippen LogP contribution is 2.29. The van der Waals surface area contributed by atoms with E-state index < -0.39 is 22.5 Å². The molecule has 0 atom stereocenters. The number of halogens is 2. The summed E-state index contributed by atoms with van der Waals surface area (Å²) < 4.78 is 15.2. The minimum atomic E-state index is -1.12. The number of nitro benzene ring substituents is 1. The minimum absolute atomic E-state index is 0.0272. The summed E-state index contributed by atoms with van der Waals surface area (Å²) in [6.07, 6.45) is 1.28. The maximum atomic E-state index is 14.4. The molecule has 0 aliphatic carbocycles. The summed E-state index contributed by atoms with van der Waals surface area (Å²) in [5.41, 5.74) is 0.772. The van der Waals surface area contributed by atoms with E-state index in [9.17, 15) is 24.1 Å². The highest BCUT2D eigenvalue weighted by molar-refractivity contribution is 9.10. The third-order valence-corrected chi connectivity index (χ3v) is 6.02. The van der Waals surface area contributed by atoms with Crippen molar-refractivity contribution >= 4 is 51.2 Å². The van der Waals surface area contributed by atoms with Crippen LogP contribution in [0.15, 0.2) is 76.1 Å². The van der Waals surface area contributed by atoms with Gasteiger partial charge in [-0.05, 0) is 42.0 Å². The summed E-state index contributed by atoms with van der Waals surface area (Å²) in [5.74, 6) is -1.88. The second-order valence-corrected chi connectivity index (χ2v) is 8.53. The second-order valence-electron chi connectivity index (χ2n) is 6.60. The molecular formula is C23H15BrFNO5S. The monoisotopic (exact) mass is 515 g/mol. The number of benzene rings is 3. The van der Waals surface area contributed by atoms with Crippen LogP contribution < -0.4 is 0 Å². The molecule has 0 unspecified atom stereocenters. The molecule has 162 valence electrons. The number of aromatic carboxylic acids is 1. The number of carbonyl (C=O) groups excluding carboxylic acids is 1. The molecule has 0 saturated heterocycles. The van der Waals surface area contributed by atoms with Gasteiger partial charge in [-0.25, -0.2) is 9.18 Å². The summed E-state index contributed by atoms with van der Waals surface area (Å²) in [7, 11) is 0. The van der Waals surface area contributed by atoms with E-state index in [2.05, 4.69) is 15.9 Å². The molecule has 0 saturated carbocycles. The van der Waals surface area contributed by atoms with Crippen molar-refractivity contribution in [2.45, 2.75) is 5.75 Å². The number of hydrogen-bond donors (Lipinski definition) is 1. The molecule has 6 nitrogen and oxygen atoms in total. The number of rotatable bonds is 8. The fourth-order valence-electron chi connectivity index (χ4n) is 2.72. The molecule has 0 radical (unpaired) electrons. The van der Waals surface area contributed by atoms with Gasteiger partial charge in [-0.2, -0.15) is 0 Å². The molecule has 0 aliphatic rings. The molecular weight excluding hydrogens is 501 g/mol. The Kier molecular flexibility index (Phi) is 7.55. The van der Waals surface area contributed by atoms with Crippen molar-refractivity contribution in [1.29, 1.82) is 0 Å². The Labute approximate surface area is 195 Å². The molecule has 3 aromatic rings. The van der Waals surface area contributed by atoms with Crippen LogP contribution in [0.25, 0.3) is 6.08 Å². The fourth-order valence-corrected chi connectivity index (χ4v) is 3.96. The highest BCUT2D eigenvalue weighted by Gasteiger charge is 2.17. The van der Waals surface area contributed by atoms with Gasteiger partial charge in [0.05, 0.1) is 15.4 Å². The quantitative estimate of drug-likeness (QED) is 0.162. The largest absolute Gasteiger partial charge is 0.478 e. The summed E-state index contributed by atoms with van der Waals surface area (Å²) in [4.78, 5) is 34.8. The van der Waals surface area contributed by atoms with Crippen LogP contribution in [0.2, 0.25) is 0 Å². The van der Waals surface area contributed by atoms with Gasteiger partial charge >= 0.3 is 5.97 Å². The highest BCUT2D eigenvalue weighted by atomic mass is 79.9. The molecule has 0 spiro atoms. The maximum absolute atomic E-state index is 14.4. The van der Waals surface area contributed by atoms with Gasteiger partial charge in [0.25, 0.3) is 5.69 Å². The van der Waals surface area contributed by atoms with Crippen LogP contribution in [-0.2, 0) is 5.75 Å². The normalized spacial score (nSPS) is 11.2. The Bertz CT molecular complexity index is 1210. The van der Waals surface area contributed by atoms with Gasteiger partial charge in [0.2, 0.25) is 0 Å². The molecule has 0 aliphatic heterocycles. The number of nitrogens with zero attached hydrogens (tertiary/aromatic N) is 1. The molecule has 32 heavy (non-hydrogen) atoms. The van der Waals surface area contributed by atoms with E-state index >= 15 is 0 Å². The van der Waals surface area contributed by atoms with Crippen molar-refractivity contribution in [3.63, 3.8) is 0 Å². The number of carboxylic acid groups (broad SMARTS) is 1. The molecule has 1 N–H and O–H groups in total. The first kappa shape index (κ1) is 23.4. The second kappa shape index (κ2) is 10.3. The number of Topliss-reactive ketones (excluding diaryl/α,β-unsaturated/α-hetero) is 1. The Morgan fingerprint density at radius 2 is 1.66 bits per heavy atom. The number of thioether (sulfide) groups is 1. The van der Waals surface area contributed by atoms with E-state index in [1.807, 2.05) is 24.3 Å². The minimum Gasteiger partial charge on any atom is -0.478 e. The van der Waals surface area contributed by atoms with Gasteiger partial charge < -0.3 is 5.11 Å². The van der Waals surface area contributed by atoms with Crippen molar-refractivity contribution in [3.05, 3.63) is 114 Å². The molecule has 0 aromatic heterocycles. The third-order valence-electron chi connectivity index (χ3n) is 4.40. The Hall–Kier alpha value is -3.30. The average Bonchev–Trinajstić information content (AvgIpc) is 2.78. The van der Waals surface area contributed by atoms with Gasteiger partial charge in [0.15, 0.2) is 5.78 Å². The van der Waals surface area contributed by atoms with Crippen molar-refractivity contribution < 1.29 is 24.0 Å². The number of ketones is 1. The maximum Gasteiger partial charge on any atom is 0.335 e. The zero-order chi connectivity index (χ0) is 23.3. The number of allylic oxidation sites excluding steroid dienone is 1. The van der Waals surface area contributed by atoms with E-state index in [0.717, 1.165) is 40.0 Å². The molecule has 0 bridgehead atoms. The number of nitro groups is 1. The summed E-state index contributed by atoms with van der Waals surface area (Å²) in [6.45, 7) is 0. The first-order valence-corrected chi connectivity index (χ1v) is 10.9. The van der Waals surface area contributed by atoms with Gasteiger partial charge in [0.1, 0.15) is 5.82 Å². The smallest absolute Gasteiger partial charge is 0.335 e. The molecule has 0 fully saturated rings. The van der Waals surface area contributed by atoms with E-state index in [4.69, 9.17) is 5.11 Å². The predicted molar refractivity (Wildman–Crippen MR) is 124 cm³/mol. The number of carboxylic acids is 1. The van der Waals surface area contributed by atoms with Gasteiger partial charge in [0, 0.05) is 33.5 Å². The molecule has 9 heteroatoms. The van der Waals surface area contributed by atoms with Crippen LogP contribution in [0.5, 0.6) is 0 Å². The van der Waals surface area contributed by atoms with Crippen LogP contribution in [0, 0.1) is 15.9 Å². The summed E-state index contributed by atoms with van der Waals surface area (Å²) in [6, 6.07) is 15.9. The average molecular weight is 516 g/mol. The lowest BCUT2D eigenvalue weighted by molar-refractivity contribution is -0.384. The number of carbonyl (C=O) groups is 2. The van der Waals surface area contributed by atoms with Crippen LogP contribution >= 0.6 is 27.7 Å². The van der Waals surface area contributed by atoms with Crippen molar-refractivity contribution in [2.75, 3.05) is 0 Å². The Balaban J connectivity index is 1.98. The standard InChI is InChI=1S/C23H15BrFNO5S/c24-18-7-1-14(2-8-18)13-32-21(12-17-11-19(26(30)31)9-10-20(17)25)22(27)15-3-5-16(6-4-15)23(28)29/h1-12H,13H2,(H,28,29)/b21-12+. The lowest BCUT2D eigenvalue weighted by Crippen LogP contribution is -2.04. The van der Waals surface area contributed by atoms with Crippen molar-refractivity contribution in [1.82, 2.24) is 0 Å². The van der Waals surface area contributed by atoms with E-state index in [0.29, 0.717) is 5.75 Å². The zero-order valence-electron chi connectivity index (χ0n) is 16.3. The predicted octanol–water partition coefficient (Wildman–Crippen LogP) is 6.35. The molecule has 0 heterocycles. The van der Waals surface area contributed by atoms with Gasteiger partial charge in [-0.3, -0.25) is 14.9 Å². The van der Waals surface area contributed by atoms with E-state index in [1.165, 1.54) is 30.3 Å². The first-order valence-electron chi connectivity index (χ1n) is 9.15. The fraction of sp³-hybridized carbons (Fsp3) is 0.0435. The molecule has 3 rings (SSSR count). The SMILES string of the molecule is O=C(O)c1ccc(C(=O)/C(=C\c2cc([N+](=O)[O-])ccc2F)SCc2ccc(Br)cc2)cc1. The molecule has 3 aromatic carbocycles. The van der Waals surface area contributed by atoms with Gasteiger partial charge in [-0.1, -0.05) is 40.2 Å². The van der Waals surface area contributed by atoms with Crippen molar-refractivity contribution in [2.24, 2.45) is 0 Å². The molecule has 0 amide bonds. The van der Waals surface area contributed by atoms with Crippen LogP contribution in [-0.4, -0.2) is 21.8 Å². The van der Waals surface area contributed by atoms with Crippen LogP contribution in [0.4, 0.5) is 10.1 Å². The Morgan fingerprint density at radius 1 is 1.03 bits per heavy atom. The van der Waals surface area contributed by atoms with E-state index in [1.54, 1.807) is 0 Å². The zero-order valence-corrected chi connectivity index (χ0v) is 18.7. The first-order chi connectivity index (χ1) is 15.2. The van der Waals surface area contributed by atoms with Crippen LogP contribution in [0.3, 0.4) is 0 Å². The number of non-ortho nitro benzene ring substituents is 1. The van der Waals surface area contributed by atoms with Gasteiger partial charge in [-0.15, -0.1) is 11.8 Å². The summed E-state index contributed by atoms with van der Waals surface area (Å²) in [5, 5.41) is 20.1.